The Hall–Kier alpha value is -3.27. The minimum absolute atomic E-state index is 0.0000572. The van der Waals surface area contributed by atoms with Crippen LogP contribution in [0.4, 0.5) is 11.5 Å². The van der Waals surface area contributed by atoms with E-state index >= 15 is 0 Å². The number of methoxy groups -OCH3 is 3. The van der Waals surface area contributed by atoms with Gasteiger partial charge in [0.2, 0.25) is 16.9 Å². The number of nitrogens with zero attached hydrogens (tertiary/aromatic N) is 5. The van der Waals surface area contributed by atoms with Gasteiger partial charge in [-0.15, -0.1) is 0 Å². The molecule has 1 N–H and O–H groups in total. The summed E-state index contributed by atoms with van der Waals surface area (Å²) < 4.78 is 17.7. The normalized spacial score (nSPS) is 13.8. The summed E-state index contributed by atoms with van der Waals surface area (Å²) in [5, 5.41) is 2.98. The molecule has 1 amide bonds. The minimum Gasteiger partial charge on any atom is -0.493 e. The van der Waals surface area contributed by atoms with Crippen molar-refractivity contribution >= 4 is 40.2 Å². The van der Waals surface area contributed by atoms with Gasteiger partial charge in [0, 0.05) is 30.9 Å². The van der Waals surface area contributed by atoms with Gasteiger partial charge in [-0.05, 0) is 30.9 Å². The molecule has 0 saturated carbocycles. The summed E-state index contributed by atoms with van der Waals surface area (Å²) in [7, 11) is 4.56. The van der Waals surface area contributed by atoms with E-state index in [1.165, 1.54) is 27.8 Å². The van der Waals surface area contributed by atoms with E-state index in [2.05, 4.69) is 25.2 Å². The van der Waals surface area contributed by atoms with Gasteiger partial charge in [0.25, 0.3) is 0 Å². The summed E-state index contributed by atoms with van der Waals surface area (Å²) >= 11 is 6.20. The van der Waals surface area contributed by atoms with Gasteiger partial charge < -0.3 is 29.0 Å². The number of aromatic nitrogens is 4. The van der Waals surface area contributed by atoms with Crippen LogP contribution in [0.25, 0.3) is 11.2 Å². The number of piperidine rings is 1. The van der Waals surface area contributed by atoms with Crippen LogP contribution in [0.15, 0.2) is 18.5 Å². The van der Waals surface area contributed by atoms with Crippen LogP contribution in [0.1, 0.15) is 19.3 Å². The molecular formula is C21H25ClN6O4. The van der Waals surface area contributed by atoms with Crippen LogP contribution in [0, 0.1) is 0 Å². The Labute approximate surface area is 190 Å². The fraction of sp³-hybridized carbons (Fsp3) is 0.429. The van der Waals surface area contributed by atoms with E-state index in [1.807, 2.05) is 0 Å². The molecule has 10 nitrogen and oxygen atoms in total. The maximum atomic E-state index is 12.8. The number of anilines is 2. The molecule has 0 radical (unpaired) electrons. The van der Waals surface area contributed by atoms with Gasteiger partial charge >= 0.3 is 0 Å². The van der Waals surface area contributed by atoms with Crippen molar-refractivity contribution in [3.63, 3.8) is 0 Å². The van der Waals surface area contributed by atoms with Crippen LogP contribution in [0.5, 0.6) is 17.2 Å². The van der Waals surface area contributed by atoms with Gasteiger partial charge in [-0.3, -0.25) is 4.79 Å². The quantitative estimate of drug-likeness (QED) is 0.536. The second-order valence-corrected chi connectivity index (χ2v) is 7.71. The van der Waals surface area contributed by atoms with Crippen LogP contribution >= 0.6 is 11.6 Å². The molecule has 1 fully saturated rings. The Balaban J connectivity index is 1.58. The molecule has 11 heteroatoms. The first kappa shape index (κ1) is 21.9. The van der Waals surface area contributed by atoms with Crippen molar-refractivity contribution in [2.75, 3.05) is 44.6 Å². The number of ether oxygens (including phenoxy) is 3. The van der Waals surface area contributed by atoms with Crippen molar-refractivity contribution in [3.8, 4) is 17.2 Å². The van der Waals surface area contributed by atoms with Gasteiger partial charge in [0.15, 0.2) is 28.5 Å². The molecule has 2 aromatic heterocycles. The third-order valence-corrected chi connectivity index (χ3v) is 5.51. The highest BCUT2D eigenvalue weighted by Gasteiger charge is 2.21. The van der Waals surface area contributed by atoms with E-state index in [0.717, 1.165) is 25.9 Å². The van der Waals surface area contributed by atoms with Gasteiger partial charge in [-0.2, -0.15) is 9.97 Å². The second kappa shape index (κ2) is 9.47. The number of benzene rings is 1. The van der Waals surface area contributed by atoms with Crippen molar-refractivity contribution in [1.29, 1.82) is 0 Å². The molecule has 0 atom stereocenters. The maximum absolute atomic E-state index is 12.8. The predicted octanol–water partition coefficient (Wildman–Crippen LogP) is 3.13. The van der Waals surface area contributed by atoms with Crippen molar-refractivity contribution in [2.45, 2.75) is 25.8 Å². The zero-order valence-electron chi connectivity index (χ0n) is 18.2. The lowest BCUT2D eigenvalue weighted by molar-refractivity contribution is -0.116. The summed E-state index contributed by atoms with van der Waals surface area (Å²) in [4.78, 5) is 28.2. The lowest BCUT2D eigenvalue weighted by Crippen LogP contribution is -2.30. The first-order valence-corrected chi connectivity index (χ1v) is 10.6. The lowest BCUT2D eigenvalue weighted by atomic mass is 10.1. The molecule has 1 aliphatic rings. The maximum Gasteiger partial charge on any atom is 0.244 e. The first-order valence-electron chi connectivity index (χ1n) is 10.3. The monoisotopic (exact) mass is 460 g/mol. The number of imidazole rings is 1. The van der Waals surface area contributed by atoms with Crippen LogP contribution in [-0.2, 0) is 11.3 Å². The number of hydrogen-bond donors (Lipinski definition) is 1. The van der Waals surface area contributed by atoms with Gasteiger partial charge in [0.1, 0.15) is 6.54 Å². The fourth-order valence-corrected chi connectivity index (χ4v) is 4.01. The molecule has 3 heterocycles. The molecule has 32 heavy (non-hydrogen) atoms. The smallest absolute Gasteiger partial charge is 0.244 e. The van der Waals surface area contributed by atoms with Crippen molar-refractivity contribution < 1.29 is 19.0 Å². The number of amides is 1. The standard InChI is InChI=1S/C21H25ClN6O4/c1-30-14-9-13(10-15(31-2)18(14)32-3)24-16(29)11-28-12-23-17-19(25-21(22)26-20(17)28)27-7-5-4-6-8-27/h9-10,12H,4-8,11H2,1-3H3,(H,24,29). The molecule has 4 rings (SSSR count). The fourth-order valence-electron chi connectivity index (χ4n) is 3.85. The molecule has 0 spiro atoms. The zero-order chi connectivity index (χ0) is 22.7. The number of nitrogens with one attached hydrogen (secondary N) is 1. The Bertz CT molecular complexity index is 1100. The Morgan fingerprint density at radius 3 is 2.38 bits per heavy atom. The average molecular weight is 461 g/mol. The average Bonchev–Trinajstić information content (AvgIpc) is 3.20. The van der Waals surface area contributed by atoms with Crippen LogP contribution in [0.3, 0.4) is 0 Å². The van der Waals surface area contributed by atoms with Crippen molar-refractivity contribution in [1.82, 2.24) is 19.5 Å². The number of rotatable bonds is 7. The highest BCUT2D eigenvalue weighted by Crippen LogP contribution is 2.40. The van der Waals surface area contributed by atoms with E-state index < -0.39 is 0 Å². The molecule has 1 aliphatic heterocycles. The highest BCUT2D eigenvalue weighted by molar-refractivity contribution is 6.28. The number of carbonyl (C=O) groups is 1. The second-order valence-electron chi connectivity index (χ2n) is 7.37. The molecule has 3 aromatic rings. The van der Waals surface area contributed by atoms with Gasteiger partial charge in [-0.25, -0.2) is 4.98 Å². The number of halogens is 1. The van der Waals surface area contributed by atoms with E-state index in [0.29, 0.717) is 39.9 Å². The van der Waals surface area contributed by atoms with Crippen LogP contribution in [0.2, 0.25) is 5.28 Å². The van der Waals surface area contributed by atoms with E-state index in [1.54, 1.807) is 23.0 Å². The SMILES string of the molecule is COc1cc(NC(=O)Cn2cnc3c(N4CCCCC4)nc(Cl)nc32)cc(OC)c1OC. The summed E-state index contributed by atoms with van der Waals surface area (Å²) in [6.07, 6.45) is 4.98. The Kier molecular flexibility index (Phi) is 6.50. The molecule has 0 unspecified atom stereocenters. The Morgan fingerprint density at radius 1 is 1.06 bits per heavy atom. The molecule has 1 aromatic carbocycles. The van der Waals surface area contributed by atoms with E-state index in [-0.39, 0.29) is 17.7 Å². The number of fused-ring (bicyclic) bond motifs is 1. The molecule has 1 saturated heterocycles. The van der Waals surface area contributed by atoms with Crippen LogP contribution < -0.4 is 24.4 Å². The topological polar surface area (TPSA) is 104 Å². The van der Waals surface area contributed by atoms with E-state index in [4.69, 9.17) is 25.8 Å². The minimum atomic E-state index is -0.271. The summed E-state index contributed by atoms with van der Waals surface area (Å²) in [6.45, 7) is 1.80. The molecular weight excluding hydrogens is 436 g/mol. The molecule has 0 aliphatic carbocycles. The molecule has 0 bridgehead atoms. The van der Waals surface area contributed by atoms with Crippen molar-refractivity contribution in [3.05, 3.63) is 23.7 Å². The van der Waals surface area contributed by atoms with Crippen molar-refractivity contribution in [2.24, 2.45) is 0 Å². The highest BCUT2D eigenvalue weighted by atomic mass is 35.5. The van der Waals surface area contributed by atoms with E-state index in [9.17, 15) is 4.79 Å². The third kappa shape index (κ3) is 4.36. The molecule has 170 valence electrons. The Morgan fingerprint density at radius 2 is 1.75 bits per heavy atom. The summed E-state index contributed by atoms with van der Waals surface area (Å²) in [5.74, 6) is 1.78. The van der Waals surface area contributed by atoms with Gasteiger partial charge in [-0.1, -0.05) is 0 Å². The first-order chi connectivity index (χ1) is 15.5. The zero-order valence-corrected chi connectivity index (χ0v) is 19.0. The largest absolute Gasteiger partial charge is 0.493 e. The number of hydrogen-bond acceptors (Lipinski definition) is 8. The third-order valence-electron chi connectivity index (χ3n) is 5.34. The summed E-state index contributed by atoms with van der Waals surface area (Å²) in [5.41, 5.74) is 1.66. The number of carbonyl (C=O) groups excluding carboxylic acids is 1. The van der Waals surface area contributed by atoms with Gasteiger partial charge in [0.05, 0.1) is 27.7 Å². The predicted molar refractivity (Wildman–Crippen MR) is 121 cm³/mol. The lowest BCUT2D eigenvalue weighted by Gasteiger charge is -2.27. The summed E-state index contributed by atoms with van der Waals surface area (Å²) in [6, 6.07) is 3.33. The van der Waals surface area contributed by atoms with Crippen LogP contribution in [-0.4, -0.2) is 59.8 Å².